The van der Waals surface area contributed by atoms with E-state index in [-0.39, 0.29) is 28.3 Å². The van der Waals surface area contributed by atoms with Gasteiger partial charge in [-0.2, -0.15) is 13.2 Å². The van der Waals surface area contributed by atoms with E-state index in [9.17, 15) is 22.8 Å². The van der Waals surface area contributed by atoms with Crippen molar-refractivity contribution in [3.8, 4) is 0 Å². The monoisotopic (exact) mass is 494 g/mol. The van der Waals surface area contributed by atoms with Gasteiger partial charge in [-0.15, -0.1) is 22.7 Å². The summed E-state index contributed by atoms with van der Waals surface area (Å²) >= 11 is 2.28. The van der Waals surface area contributed by atoms with Gasteiger partial charge in [0.15, 0.2) is 0 Å². The highest BCUT2D eigenvalue weighted by atomic mass is 32.1. The van der Waals surface area contributed by atoms with Crippen LogP contribution in [0.2, 0.25) is 0 Å². The fourth-order valence-corrected chi connectivity index (χ4v) is 6.24. The van der Waals surface area contributed by atoms with Crippen molar-refractivity contribution >= 4 is 44.6 Å². The van der Waals surface area contributed by atoms with Crippen LogP contribution in [-0.2, 0) is 6.18 Å². The van der Waals surface area contributed by atoms with Crippen LogP contribution in [0, 0.1) is 6.92 Å². The van der Waals surface area contributed by atoms with Crippen molar-refractivity contribution in [1.82, 2.24) is 20.1 Å². The van der Waals surface area contributed by atoms with Crippen LogP contribution in [0.3, 0.4) is 0 Å². The predicted molar refractivity (Wildman–Crippen MR) is 121 cm³/mol. The van der Waals surface area contributed by atoms with Gasteiger partial charge < -0.3 is 15.1 Å². The topological polar surface area (TPSA) is 65.5 Å². The Hall–Kier alpha value is -2.50. The molecule has 0 bridgehead atoms. The van der Waals surface area contributed by atoms with Crippen molar-refractivity contribution in [2.75, 3.05) is 26.2 Å². The van der Waals surface area contributed by atoms with Gasteiger partial charge in [-0.25, -0.2) is 4.98 Å². The number of amides is 2. The van der Waals surface area contributed by atoms with Crippen LogP contribution in [-0.4, -0.2) is 64.9 Å². The van der Waals surface area contributed by atoms with E-state index in [0.29, 0.717) is 36.6 Å². The molecule has 1 unspecified atom stereocenters. The molecule has 0 aliphatic carbocycles. The molecule has 1 atom stereocenters. The summed E-state index contributed by atoms with van der Waals surface area (Å²) in [4.78, 5) is 32.4. The Bertz CT molecular complexity index is 1200. The predicted octanol–water partition coefficient (Wildman–Crippen LogP) is 4.01. The Morgan fingerprint density at radius 2 is 1.88 bits per heavy atom. The highest BCUT2D eigenvalue weighted by Crippen LogP contribution is 2.43. The van der Waals surface area contributed by atoms with Gasteiger partial charge in [-0.1, -0.05) is 12.1 Å². The molecule has 1 aromatic carbocycles. The molecular formula is C22H21F3N4O2S2. The maximum Gasteiger partial charge on any atom is 0.418 e. The molecular weight excluding hydrogens is 473 g/mol. The molecule has 2 amide bonds. The number of likely N-dealkylation sites (tertiary alicyclic amines) is 2. The van der Waals surface area contributed by atoms with E-state index in [1.54, 1.807) is 27.9 Å². The number of rotatable bonds is 4. The number of hydrogen-bond donors (Lipinski definition) is 1. The zero-order valence-corrected chi connectivity index (χ0v) is 19.3. The average Bonchev–Trinajstić information content (AvgIpc) is 3.47. The number of thiazole rings is 1. The van der Waals surface area contributed by atoms with Gasteiger partial charge in [0.25, 0.3) is 11.8 Å². The molecule has 2 aliphatic heterocycles. The lowest BCUT2D eigenvalue weighted by Gasteiger charge is -2.41. The first-order valence-corrected chi connectivity index (χ1v) is 12.3. The third-order valence-electron chi connectivity index (χ3n) is 6.09. The van der Waals surface area contributed by atoms with E-state index in [4.69, 9.17) is 0 Å². The second-order valence-electron chi connectivity index (χ2n) is 8.49. The van der Waals surface area contributed by atoms with E-state index in [1.165, 1.54) is 22.3 Å². The Morgan fingerprint density at radius 3 is 2.58 bits per heavy atom. The SMILES string of the molecule is Cc1ccc2c(C(F)(F)F)c(C(=O)N3CC(NC4CCN(C(=O)c5cscn5)C4)C3)sc2c1. The smallest absolute Gasteiger partial charge is 0.336 e. The van der Waals surface area contributed by atoms with Crippen LogP contribution in [0.4, 0.5) is 13.2 Å². The molecule has 2 aliphatic rings. The zero-order valence-electron chi connectivity index (χ0n) is 17.7. The normalized spacial score (nSPS) is 19.3. The second kappa shape index (κ2) is 8.37. The van der Waals surface area contributed by atoms with Crippen molar-refractivity contribution in [3.05, 3.63) is 50.8 Å². The molecule has 174 valence electrons. The van der Waals surface area contributed by atoms with E-state index in [2.05, 4.69) is 10.3 Å². The van der Waals surface area contributed by atoms with Gasteiger partial charge in [0.1, 0.15) is 10.6 Å². The Labute approximate surface area is 196 Å². The van der Waals surface area contributed by atoms with Crippen LogP contribution >= 0.6 is 22.7 Å². The lowest BCUT2D eigenvalue weighted by Crippen LogP contribution is -2.62. The summed E-state index contributed by atoms with van der Waals surface area (Å²) < 4.78 is 41.9. The third-order valence-corrected chi connectivity index (χ3v) is 7.82. The van der Waals surface area contributed by atoms with Crippen molar-refractivity contribution in [2.24, 2.45) is 0 Å². The number of nitrogens with one attached hydrogen (secondary N) is 1. The number of thiophene rings is 1. The van der Waals surface area contributed by atoms with Crippen LogP contribution in [0.25, 0.3) is 10.1 Å². The van der Waals surface area contributed by atoms with Crippen molar-refractivity contribution < 1.29 is 22.8 Å². The van der Waals surface area contributed by atoms with Gasteiger partial charge in [0, 0.05) is 53.7 Å². The molecule has 33 heavy (non-hydrogen) atoms. The summed E-state index contributed by atoms with van der Waals surface area (Å²) in [7, 11) is 0. The van der Waals surface area contributed by atoms with Crippen LogP contribution in [0.5, 0.6) is 0 Å². The van der Waals surface area contributed by atoms with Crippen LogP contribution in [0.15, 0.2) is 29.1 Å². The number of alkyl halides is 3. The van der Waals surface area contributed by atoms with E-state index < -0.39 is 17.6 Å². The summed E-state index contributed by atoms with van der Waals surface area (Å²) in [6, 6.07) is 4.85. The largest absolute Gasteiger partial charge is 0.418 e. The molecule has 11 heteroatoms. The quantitative estimate of drug-likeness (QED) is 0.595. The van der Waals surface area contributed by atoms with Gasteiger partial charge in [-0.3, -0.25) is 9.59 Å². The van der Waals surface area contributed by atoms with Gasteiger partial charge in [0.05, 0.1) is 11.1 Å². The van der Waals surface area contributed by atoms with Gasteiger partial charge >= 0.3 is 6.18 Å². The van der Waals surface area contributed by atoms with E-state index in [1.807, 2.05) is 6.92 Å². The highest BCUT2D eigenvalue weighted by molar-refractivity contribution is 7.21. The maximum absolute atomic E-state index is 13.8. The number of fused-ring (bicyclic) bond motifs is 1. The fourth-order valence-electron chi connectivity index (χ4n) is 4.42. The van der Waals surface area contributed by atoms with Gasteiger partial charge in [0.2, 0.25) is 0 Å². The van der Waals surface area contributed by atoms with E-state index in [0.717, 1.165) is 23.3 Å². The van der Waals surface area contributed by atoms with Crippen LogP contribution in [0.1, 0.15) is 37.7 Å². The molecule has 5 rings (SSSR count). The highest BCUT2D eigenvalue weighted by Gasteiger charge is 2.42. The molecule has 1 N–H and O–H groups in total. The number of carbonyl (C=O) groups is 2. The first-order chi connectivity index (χ1) is 15.7. The fraction of sp³-hybridized carbons (Fsp3) is 0.409. The molecule has 2 saturated heterocycles. The first kappa shape index (κ1) is 22.3. The minimum absolute atomic E-state index is 0.000709. The van der Waals surface area contributed by atoms with E-state index >= 15 is 0 Å². The summed E-state index contributed by atoms with van der Waals surface area (Å²) in [6.07, 6.45) is -3.81. The summed E-state index contributed by atoms with van der Waals surface area (Å²) in [5.74, 6) is -0.670. The second-order valence-corrected chi connectivity index (χ2v) is 10.3. The number of nitrogens with zero attached hydrogens (tertiary/aromatic N) is 3. The first-order valence-electron chi connectivity index (χ1n) is 10.5. The molecule has 0 saturated carbocycles. The molecule has 4 heterocycles. The van der Waals surface area contributed by atoms with Crippen molar-refractivity contribution in [2.45, 2.75) is 31.6 Å². The number of aryl methyl sites for hydroxylation is 1. The lowest BCUT2D eigenvalue weighted by atomic mass is 10.0. The third kappa shape index (κ3) is 4.24. The average molecular weight is 495 g/mol. The number of carbonyl (C=O) groups excluding carboxylic acids is 2. The summed E-state index contributed by atoms with van der Waals surface area (Å²) in [6.45, 7) is 3.68. The Morgan fingerprint density at radius 1 is 1.12 bits per heavy atom. The zero-order chi connectivity index (χ0) is 23.3. The summed E-state index contributed by atoms with van der Waals surface area (Å²) in [5, 5.41) is 5.24. The molecule has 2 fully saturated rings. The Balaban J connectivity index is 1.22. The number of aromatic nitrogens is 1. The van der Waals surface area contributed by atoms with Gasteiger partial charge in [-0.05, 0) is 25.0 Å². The molecule has 6 nitrogen and oxygen atoms in total. The van der Waals surface area contributed by atoms with Crippen molar-refractivity contribution in [1.29, 1.82) is 0 Å². The van der Waals surface area contributed by atoms with Crippen molar-refractivity contribution in [3.63, 3.8) is 0 Å². The summed E-state index contributed by atoms with van der Waals surface area (Å²) in [5.41, 5.74) is 2.08. The number of halogens is 3. The molecule has 0 radical (unpaired) electrons. The number of benzene rings is 1. The molecule has 3 aromatic rings. The Kier molecular flexibility index (Phi) is 5.66. The minimum atomic E-state index is -4.60. The standard InChI is InChI=1S/C22H21F3N4O2S2/c1-12-2-3-15-17(6-12)33-19(18(15)22(23,24)25)21(31)29-8-14(9-29)27-13-4-5-28(7-13)20(30)16-10-32-11-26-16/h2-3,6,10-11,13-14,27H,4-5,7-9H2,1H3. The maximum atomic E-state index is 13.8. The molecule has 0 spiro atoms. The molecule has 2 aromatic heterocycles. The number of hydrogen-bond acceptors (Lipinski definition) is 6. The lowest BCUT2D eigenvalue weighted by molar-refractivity contribution is -0.136. The van der Waals surface area contributed by atoms with Crippen LogP contribution < -0.4 is 5.32 Å². The minimum Gasteiger partial charge on any atom is -0.336 e.